The third-order valence-corrected chi connectivity index (χ3v) is 4.25. The number of ether oxygens (including phenoxy) is 2. The number of hydrogen-bond acceptors (Lipinski definition) is 4. The number of fused-ring (bicyclic) bond motifs is 2. The zero-order valence-electron chi connectivity index (χ0n) is 14.8. The number of carbonyl (C=O) groups excluding carboxylic acids is 2. The fraction of sp³-hybridized carbons (Fsp3) is 0.182. The first kappa shape index (κ1) is 17.7. The number of carbonyl (C=O) groups is 2. The number of esters is 2. The van der Waals surface area contributed by atoms with Gasteiger partial charge in [-0.05, 0) is 40.1 Å². The second-order valence-corrected chi connectivity index (χ2v) is 6.11. The van der Waals surface area contributed by atoms with Crippen LogP contribution in [0.25, 0.3) is 21.5 Å². The number of rotatable bonds is 5. The summed E-state index contributed by atoms with van der Waals surface area (Å²) in [5, 5.41) is 4.62. The highest BCUT2D eigenvalue weighted by Crippen LogP contribution is 2.29. The van der Waals surface area contributed by atoms with Gasteiger partial charge in [0, 0.05) is 18.6 Å². The molecular weight excluding hydrogens is 328 g/mol. The quantitative estimate of drug-likeness (QED) is 0.394. The Bertz CT molecular complexity index is 934. The molecule has 0 aliphatic carbocycles. The number of hydrogen-bond donors (Lipinski definition) is 0. The van der Waals surface area contributed by atoms with Gasteiger partial charge in [-0.2, -0.15) is 0 Å². The van der Waals surface area contributed by atoms with Gasteiger partial charge in [0.2, 0.25) is 0 Å². The summed E-state index contributed by atoms with van der Waals surface area (Å²) in [7, 11) is 1.26. The van der Waals surface area contributed by atoms with E-state index in [1.807, 2.05) is 31.2 Å². The highest BCUT2D eigenvalue weighted by Gasteiger charge is 2.14. The maximum atomic E-state index is 11.9. The molecule has 4 heteroatoms. The first-order chi connectivity index (χ1) is 12.6. The van der Waals surface area contributed by atoms with Gasteiger partial charge in [0.15, 0.2) is 0 Å². The van der Waals surface area contributed by atoms with Crippen LogP contribution in [0.1, 0.15) is 12.5 Å². The van der Waals surface area contributed by atoms with Crippen molar-refractivity contribution in [2.24, 2.45) is 0 Å². The van der Waals surface area contributed by atoms with E-state index in [0.29, 0.717) is 6.42 Å². The second-order valence-electron chi connectivity index (χ2n) is 6.11. The Morgan fingerprint density at radius 2 is 1.46 bits per heavy atom. The lowest BCUT2D eigenvalue weighted by atomic mass is 9.93. The van der Waals surface area contributed by atoms with Crippen LogP contribution < -0.4 is 0 Å². The Morgan fingerprint density at radius 1 is 0.923 bits per heavy atom. The normalized spacial score (nSPS) is 12.4. The minimum Gasteiger partial charge on any atom is -0.466 e. The molecule has 0 radical (unpaired) electrons. The van der Waals surface area contributed by atoms with E-state index in [2.05, 4.69) is 35.1 Å². The summed E-state index contributed by atoms with van der Waals surface area (Å²) in [4.78, 5) is 22.9. The van der Waals surface area contributed by atoms with E-state index in [1.165, 1.54) is 7.11 Å². The predicted molar refractivity (Wildman–Crippen MR) is 102 cm³/mol. The topological polar surface area (TPSA) is 52.6 Å². The third-order valence-electron chi connectivity index (χ3n) is 4.25. The van der Waals surface area contributed by atoms with Crippen LogP contribution in [-0.4, -0.2) is 25.2 Å². The zero-order valence-corrected chi connectivity index (χ0v) is 14.8. The standard InChI is InChI=1S/C22H20O4/c1-15(26-22(24)12-11-21(23)25-2)13-20-18-9-5-3-7-16(18)14-17-8-4-6-10-19(17)20/h3-12,14-15H,13H2,1-2H3/b12-11+/t15-/m0/s1. The van der Waals surface area contributed by atoms with Crippen molar-refractivity contribution in [1.82, 2.24) is 0 Å². The molecular formula is C22H20O4. The Morgan fingerprint density at radius 3 is 2.04 bits per heavy atom. The molecule has 3 rings (SSSR count). The summed E-state index contributed by atoms with van der Waals surface area (Å²) in [5.41, 5.74) is 1.15. The van der Waals surface area contributed by atoms with Gasteiger partial charge < -0.3 is 9.47 Å². The third kappa shape index (κ3) is 3.91. The van der Waals surface area contributed by atoms with Crippen LogP contribution in [0.15, 0.2) is 66.7 Å². The molecule has 0 saturated carbocycles. The van der Waals surface area contributed by atoms with Gasteiger partial charge in [0.25, 0.3) is 0 Å². The smallest absolute Gasteiger partial charge is 0.331 e. The van der Waals surface area contributed by atoms with E-state index in [-0.39, 0.29) is 6.10 Å². The summed E-state index contributed by atoms with van der Waals surface area (Å²) in [5.74, 6) is -1.15. The predicted octanol–water partition coefficient (Wildman–Crippen LogP) is 4.20. The summed E-state index contributed by atoms with van der Waals surface area (Å²) in [6.07, 6.45) is 2.39. The molecule has 0 heterocycles. The maximum Gasteiger partial charge on any atom is 0.331 e. The lowest BCUT2D eigenvalue weighted by molar-refractivity contribution is -0.143. The molecule has 0 aromatic heterocycles. The Labute approximate surface area is 152 Å². The summed E-state index contributed by atoms with van der Waals surface area (Å²) >= 11 is 0. The van der Waals surface area contributed by atoms with Gasteiger partial charge in [-0.1, -0.05) is 48.5 Å². The highest BCUT2D eigenvalue weighted by atomic mass is 16.5. The Hall–Kier alpha value is -3.14. The minimum absolute atomic E-state index is 0.334. The second kappa shape index (κ2) is 7.83. The maximum absolute atomic E-state index is 11.9. The number of methoxy groups -OCH3 is 1. The summed E-state index contributed by atoms with van der Waals surface area (Å²) in [6, 6.07) is 18.6. The van der Waals surface area contributed by atoms with Crippen LogP contribution in [-0.2, 0) is 25.5 Å². The zero-order chi connectivity index (χ0) is 18.5. The lowest BCUT2D eigenvalue weighted by Crippen LogP contribution is -2.16. The van der Waals surface area contributed by atoms with E-state index >= 15 is 0 Å². The Balaban J connectivity index is 1.88. The minimum atomic E-state index is -0.588. The molecule has 3 aromatic carbocycles. The van der Waals surface area contributed by atoms with Crippen molar-refractivity contribution >= 4 is 33.5 Å². The fourth-order valence-corrected chi connectivity index (χ4v) is 3.10. The SMILES string of the molecule is COC(=O)/C=C/C(=O)O[C@@H](C)Cc1c2ccccc2cc2ccccc12. The molecule has 132 valence electrons. The van der Waals surface area contributed by atoms with Crippen molar-refractivity contribution in [3.05, 3.63) is 72.3 Å². The van der Waals surface area contributed by atoms with Crippen molar-refractivity contribution < 1.29 is 19.1 Å². The molecule has 3 aromatic rings. The van der Waals surface area contributed by atoms with Crippen molar-refractivity contribution in [2.75, 3.05) is 7.11 Å². The molecule has 1 atom stereocenters. The van der Waals surface area contributed by atoms with Gasteiger partial charge >= 0.3 is 11.9 Å². The molecule has 0 fully saturated rings. The van der Waals surface area contributed by atoms with E-state index in [4.69, 9.17) is 4.74 Å². The average molecular weight is 348 g/mol. The van der Waals surface area contributed by atoms with Crippen molar-refractivity contribution in [3.8, 4) is 0 Å². The first-order valence-corrected chi connectivity index (χ1v) is 8.44. The summed E-state index contributed by atoms with van der Waals surface area (Å²) < 4.78 is 9.88. The molecule has 0 N–H and O–H groups in total. The highest BCUT2D eigenvalue weighted by molar-refractivity contribution is 6.02. The molecule has 0 aliphatic rings. The fourth-order valence-electron chi connectivity index (χ4n) is 3.10. The van der Waals surface area contributed by atoms with E-state index in [0.717, 1.165) is 39.3 Å². The van der Waals surface area contributed by atoms with E-state index < -0.39 is 11.9 Å². The van der Waals surface area contributed by atoms with Crippen molar-refractivity contribution in [3.63, 3.8) is 0 Å². The van der Waals surface area contributed by atoms with Gasteiger partial charge in [0.1, 0.15) is 6.10 Å². The largest absolute Gasteiger partial charge is 0.466 e. The van der Waals surface area contributed by atoms with Crippen LogP contribution in [0, 0.1) is 0 Å². The molecule has 0 saturated heterocycles. The van der Waals surface area contributed by atoms with Crippen LogP contribution in [0.3, 0.4) is 0 Å². The van der Waals surface area contributed by atoms with E-state index in [1.54, 1.807) is 0 Å². The molecule has 0 amide bonds. The first-order valence-electron chi connectivity index (χ1n) is 8.44. The average Bonchev–Trinajstić information content (AvgIpc) is 2.65. The monoisotopic (exact) mass is 348 g/mol. The van der Waals surface area contributed by atoms with Crippen LogP contribution in [0.4, 0.5) is 0 Å². The van der Waals surface area contributed by atoms with Crippen LogP contribution in [0.2, 0.25) is 0 Å². The number of benzene rings is 3. The van der Waals surface area contributed by atoms with Gasteiger partial charge in [-0.25, -0.2) is 9.59 Å². The van der Waals surface area contributed by atoms with Crippen molar-refractivity contribution in [2.45, 2.75) is 19.4 Å². The van der Waals surface area contributed by atoms with Crippen LogP contribution >= 0.6 is 0 Å². The molecule has 0 spiro atoms. The van der Waals surface area contributed by atoms with Gasteiger partial charge in [-0.15, -0.1) is 0 Å². The molecule has 0 bridgehead atoms. The summed E-state index contributed by atoms with van der Waals surface area (Å²) in [6.45, 7) is 1.85. The molecule has 0 unspecified atom stereocenters. The van der Waals surface area contributed by atoms with Gasteiger partial charge in [0.05, 0.1) is 7.11 Å². The molecule has 26 heavy (non-hydrogen) atoms. The van der Waals surface area contributed by atoms with Gasteiger partial charge in [-0.3, -0.25) is 0 Å². The van der Waals surface area contributed by atoms with E-state index in [9.17, 15) is 9.59 Å². The Kier molecular flexibility index (Phi) is 5.32. The van der Waals surface area contributed by atoms with Crippen molar-refractivity contribution in [1.29, 1.82) is 0 Å². The molecule has 4 nitrogen and oxygen atoms in total. The lowest BCUT2D eigenvalue weighted by Gasteiger charge is -2.16. The van der Waals surface area contributed by atoms with Crippen LogP contribution in [0.5, 0.6) is 0 Å². The molecule has 0 aliphatic heterocycles.